The fraction of sp³-hybridized carbons (Fsp3) is 0.200. The van der Waals surface area contributed by atoms with Crippen LogP contribution in [0.3, 0.4) is 0 Å². The van der Waals surface area contributed by atoms with Crippen molar-refractivity contribution in [3.05, 3.63) is 28.7 Å². The molecule has 86 valence electrons. The minimum absolute atomic E-state index is 0.275. The van der Waals surface area contributed by atoms with Gasteiger partial charge in [0.15, 0.2) is 0 Å². The summed E-state index contributed by atoms with van der Waals surface area (Å²) in [6, 6.07) is 7.01. The van der Waals surface area contributed by atoms with Crippen molar-refractivity contribution in [1.82, 2.24) is 0 Å². The van der Waals surface area contributed by atoms with Gasteiger partial charge in [0.2, 0.25) is 5.91 Å². The molecule has 0 aliphatic rings. The molecule has 0 saturated carbocycles. The zero-order valence-electron chi connectivity index (χ0n) is 8.27. The number of nitrogens with one attached hydrogen (secondary N) is 1. The SMILES string of the molecule is O=C(O)COCC(=O)Nc1ccc(Br)cc1. The van der Waals surface area contributed by atoms with E-state index in [-0.39, 0.29) is 12.5 Å². The summed E-state index contributed by atoms with van der Waals surface area (Å²) in [5.74, 6) is -1.49. The van der Waals surface area contributed by atoms with Gasteiger partial charge in [-0.05, 0) is 24.3 Å². The van der Waals surface area contributed by atoms with Crippen LogP contribution in [0.25, 0.3) is 0 Å². The van der Waals surface area contributed by atoms with Crippen LogP contribution >= 0.6 is 15.9 Å². The molecule has 6 heteroatoms. The lowest BCUT2D eigenvalue weighted by molar-refractivity contribution is -0.143. The van der Waals surface area contributed by atoms with Crippen LogP contribution in [0.5, 0.6) is 0 Å². The molecular formula is C10H10BrNO4. The highest BCUT2D eigenvalue weighted by Crippen LogP contribution is 2.13. The van der Waals surface area contributed by atoms with Gasteiger partial charge < -0.3 is 15.2 Å². The van der Waals surface area contributed by atoms with E-state index in [2.05, 4.69) is 26.0 Å². The number of carboxylic acid groups (broad SMARTS) is 1. The third-order valence-electron chi connectivity index (χ3n) is 1.59. The first-order valence-corrected chi connectivity index (χ1v) is 5.22. The summed E-state index contributed by atoms with van der Waals surface area (Å²) in [5.41, 5.74) is 0.632. The molecule has 0 spiro atoms. The molecule has 0 aliphatic carbocycles. The van der Waals surface area contributed by atoms with E-state index >= 15 is 0 Å². The van der Waals surface area contributed by atoms with Gasteiger partial charge in [0.1, 0.15) is 13.2 Å². The number of hydrogen-bond donors (Lipinski definition) is 2. The first-order chi connectivity index (χ1) is 7.58. The minimum Gasteiger partial charge on any atom is -0.480 e. The van der Waals surface area contributed by atoms with E-state index < -0.39 is 12.6 Å². The third-order valence-corrected chi connectivity index (χ3v) is 2.12. The summed E-state index contributed by atoms with van der Waals surface area (Å²) < 4.78 is 5.54. The predicted molar refractivity (Wildman–Crippen MR) is 61.2 cm³/mol. The molecule has 1 amide bonds. The lowest BCUT2D eigenvalue weighted by Crippen LogP contribution is -2.20. The summed E-state index contributed by atoms with van der Waals surface area (Å²) >= 11 is 3.27. The van der Waals surface area contributed by atoms with Crippen LogP contribution in [0, 0.1) is 0 Å². The van der Waals surface area contributed by atoms with Crippen molar-refractivity contribution >= 4 is 33.5 Å². The van der Waals surface area contributed by atoms with Crippen LogP contribution in [0.15, 0.2) is 28.7 Å². The molecule has 1 aromatic carbocycles. The molecule has 0 saturated heterocycles. The molecule has 2 N–H and O–H groups in total. The first-order valence-electron chi connectivity index (χ1n) is 4.43. The molecule has 0 bridgehead atoms. The molecule has 0 aliphatic heterocycles. The number of hydrogen-bond acceptors (Lipinski definition) is 3. The first kappa shape index (κ1) is 12.7. The van der Waals surface area contributed by atoms with Crippen molar-refractivity contribution in [3.63, 3.8) is 0 Å². The highest BCUT2D eigenvalue weighted by molar-refractivity contribution is 9.10. The van der Waals surface area contributed by atoms with E-state index in [4.69, 9.17) is 5.11 Å². The van der Waals surface area contributed by atoms with E-state index in [0.29, 0.717) is 5.69 Å². The number of benzene rings is 1. The summed E-state index contributed by atoms with van der Waals surface area (Å²) in [4.78, 5) is 21.4. The Balaban J connectivity index is 2.34. The number of carbonyl (C=O) groups is 2. The Bertz CT molecular complexity index is 377. The smallest absolute Gasteiger partial charge is 0.329 e. The van der Waals surface area contributed by atoms with E-state index in [1.807, 2.05) is 0 Å². The van der Waals surface area contributed by atoms with Gasteiger partial charge in [0.05, 0.1) is 0 Å². The van der Waals surface area contributed by atoms with Gasteiger partial charge in [-0.15, -0.1) is 0 Å². The maximum Gasteiger partial charge on any atom is 0.329 e. The second kappa shape index (κ2) is 6.24. The quantitative estimate of drug-likeness (QED) is 0.860. The number of carboxylic acids is 1. The summed E-state index contributed by atoms with van der Waals surface area (Å²) in [6.07, 6.45) is 0. The Morgan fingerprint density at radius 2 is 1.88 bits per heavy atom. The average molecular weight is 288 g/mol. The van der Waals surface area contributed by atoms with E-state index in [0.717, 1.165) is 4.47 Å². The Kier molecular flexibility index (Phi) is 4.94. The Hall–Kier alpha value is -1.40. The normalized spacial score (nSPS) is 9.81. The molecule has 16 heavy (non-hydrogen) atoms. The van der Waals surface area contributed by atoms with E-state index in [9.17, 15) is 9.59 Å². The van der Waals surface area contributed by atoms with Gasteiger partial charge in [0, 0.05) is 10.2 Å². The van der Waals surface area contributed by atoms with Crippen LogP contribution in [-0.4, -0.2) is 30.2 Å². The standard InChI is InChI=1S/C10H10BrNO4/c11-7-1-3-8(4-2-7)12-9(13)5-16-6-10(14)15/h1-4H,5-6H2,(H,12,13)(H,14,15). The van der Waals surface area contributed by atoms with Crippen molar-refractivity contribution in [1.29, 1.82) is 0 Å². The maximum atomic E-state index is 11.2. The Morgan fingerprint density at radius 3 is 2.44 bits per heavy atom. The summed E-state index contributed by atoms with van der Waals surface area (Å²) in [6.45, 7) is -0.754. The van der Waals surface area contributed by atoms with E-state index in [1.54, 1.807) is 24.3 Å². The van der Waals surface area contributed by atoms with Crippen molar-refractivity contribution in [2.24, 2.45) is 0 Å². The number of carbonyl (C=O) groups excluding carboxylic acids is 1. The number of ether oxygens (including phenoxy) is 1. The molecule has 0 radical (unpaired) electrons. The Morgan fingerprint density at radius 1 is 1.25 bits per heavy atom. The second-order valence-corrected chi connectivity index (χ2v) is 3.86. The van der Waals surface area contributed by atoms with Crippen LogP contribution in [0.1, 0.15) is 0 Å². The average Bonchev–Trinajstić information content (AvgIpc) is 2.21. The van der Waals surface area contributed by atoms with Gasteiger partial charge in [-0.25, -0.2) is 4.79 Å². The monoisotopic (exact) mass is 287 g/mol. The fourth-order valence-electron chi connectivity index (χ4n) is 0.961. The van der Waals surface area contributed by atoms with Crippen LogP contribution in [0.4, 0.5) is 5.69 Å². The van der Waals surface area contributed by atoms with Gasteiger partial charge in [-0.3, -0.25) is 4.79 Å². The molecule has 1 aromatic rings. The topological polar surface area (TPSA) is 75.6 Å². The van der Waals surface area contributed by atoms with Crippen LogP contribution in [0.2, 0.25) is 0 Å². The van der Waals surface area contributed by atoms with Crippen LogP contribution in [-0.2, 0) is 14.3 Å². The minimum atomic E-state index is -1.10. The molecule has 0 atom stereocenters. The maximum absolute atomic E-state index is 11.2. The number of aliphatic carboxylic acids is 1. The molecule has 0 fully saturated rings. The molecule has 5 nitrogen and oxygen atoms in total. The van der Waals surface area contributed by atoms with Crippen LogP contribution < -0.4 is 5.32 Å². The Labute approximate surface area is 101 Å². The van der Waals surface area contributed by atoms with Gasteiger partial charge >= 0.3 is 5.97 Å². The molecule has 0 unspecified atom stereocenters. The largest absolute Gasteiger partial charge is 0.480 e. The molecule has 1 rings (SSSR count). The number of rotatable bonds is 5. The molecule has 0 heterocycles. The third kappa shape index (κ3) is 4.90. The highest BCUT2D eigenvalue weighted by Gasteiger charge is 2.04. The number of anilines is 1. The van der Waals surface area contributed by atoms with E-state index in [1.165, 1.54) is 0 Å². The summed E-state index contributed by atoms with van der Waals surface area (Å²) in [5, 5.41) is 10.8. The second-order valence-electron chi connectivity index (χ2n) is 2.94. The molecular weight excluding hydrogens is 278 g/mol. The van der Waals surface area contributed by atoms with Gasteiger partial charge in [-0.1, -0.05) is 15.9 Å². The van der Waals surface area contributed by atoms with Gasteiger partial charge in [-0.2, -0.15) is 0 Å². The highest BCUT2D eigenvalue weighted by atomic mass is 79.9. The fourth-order valence-corrected chi connectivity index (χ4v) is 1.23. The summed E-state index contributed by atoms with van der Waals surface area (Å²) in [7, 11) is 0. The lowest BCUT2D eigenvalue weighted by Gasteiger charge is -2.04. The van der Waals surface area contributed by atoms with Crippen molar-refractivity contribution in [2.45, 2.75) is 0 Å². The predicted octanol–water partition coefficient (Wildman–Crippen LogP) is 1.49. The molecule has 0 aromatic heterocycles. The lowest BCUT2D eigenvalue weighted by atomic mass is 10.3. The number of amides is 1. The van der Waals surface area contributed by atoms with Gasteiger partial charge in [0.25, 0.3) is 0 Å². The van der Waals surface area contributed by atoms with Crippen molar-refractivity contribution in [2.75, 3.05) is 18.5 Å². The number of halogens is 1. The van der Waals surface area contributed by atoms with Crippen molar-refractivity contribution < 1.29 is 19.4 Å². The zero-order chi connectivity index (χ0) is 12.0. The van der Waals surface area contributed by atoms with Crippen molar-refractivity contribution in [3.8, 4) is 0 Å². The zero-order valence-corrected chi connectivity index (χ0v) is 9.86.